The Bertz CT molecular complexity index is 626. The summed E-state index contributed by atoms with van der Waals surface area (Å²) in [6, 6.07) is 4.01. The highest BCUT2D eigenvalue weighted by Crippen LogP contribution is 2.26. The number of likely N-dealkylation sites (tertiary alicyclic amines) is 1. The molecule has 1 aliphatic rings. The number of aromatic nitrogens is 3. The normalized spacial score (nSPS) is 18.2. The summed E-state index contributed by atoms with van der Waals surface area (Å²) in [5.74, 6) is 1.29. The van der Waals surface area contributed by atoms with Gasteiger partial charge in [0, 0.05) is 50.3 Å². The number of carbonyl (C=O) groups is 1. The molecule has 0 saturated carbocycles. The molecule has 22 heavy (non-hydrogen) atoms. The second kappa shape index (κ2) is 6.60. The molecule has 116 valence electrons. The largest absolute Gasteiger partial charge is 0.453 e. The Balaban J connectivity index is 1.75. The number of amides is 1. The number of rotatable bonds is 3. The minimum Gasteiger partial charge on any atom is -0.453 e. The molecule has 1 fully saturated rings. The SMILES string of the molecule is COC(=O)N1CCC[C@H](c2nccn2Cc2ccncc2)C1. The number of imidazole rings is 1. The first-order chi connectivity index (χ1) is 10.8. The van der Waals surface area contributed by atoms with Crippen molar-refractivity contribution in [2.75, 3.05) is 20.2 Å². The summed E-state index contributed by atoms with van der Waals surface area (Å²) in [5, 5.41) is 0. The zero-order chi connectivity index (χ0) is 15.4. The fraction of sp³-hybridized carbons (Fsp3) is 0.438. The lowest BCUT2D eigenvalue weighted by Crippen LogP contribution is -2.39. The van der Waals surface area contributed by atoms with Crippen LogP contribution in [0.15, 0.2) is 36.9 Å². The summed E-state index contributed by atoms with van der Waals surface area (Å²) >= 11 is 0. The minimum atomic E-state index is -0.253. The van der Waals surface area contributed by atoms with Gasteiger partial charge in [-0.15, -0.1) is 0 Å². The van der Waals surface area contributed by atoms with Crippen LogP contribution in [0.5, 0.6) is 0 Å². The first kappa shape index (κ1) is 14.6. The fourth-order valence-corrected chi connectivity index (χ4v) is 2.98. The van der Waals surface area contributed by atoms with Crippen LogP contribution >= 0.6 is 0 Å². The van der Waals surface area contributed by atoms with E-state index in [0.717, 1.165) is 31.8 Å². The molecule has 3 heterocycles. The van der Waals surface area contributed by atoms with Crippen LogP contribution in [0, 0.1) is 0 Å². The molecule has 1 aliphatic heterocycles. The van der Waals surface area contributed by atoms with E-state index in [1.54, 1.807) is 17.3 Å². The molecule has 2 aromatic rings. The second-order valence-corrected chi connectivity index (χ2v) is 5.52. The molecule has 0 unspecified atom stereocenters. The van der Waals surface area contributed by atoms with Gasteiger partial charge in [-0.2, -0.15) is 0 Å². The number of ether oxygens (including phenoxy) is 1. The van der Waals surface area contributed by atoms with E-state index in [0.29, 0.717) is 6.54 Å². The molecule has 0 radical (unpaired) electrons. The number of pyridine rings is 1. The van der Waals surface area contributed by atoms with Crippen molar-refractivity contribution < 1.29 is 9.53 Å². The Hall–Kier alpha value is -2.37. The van der Waals surface area contributed by atoms with Gasteiger partial charge in [0.2, 0.25) is 0 Å². The van der Waals surface area contributed by atoms with Crippen LogP contribution in [0.1, 0.15) is 30.1 Å². The van der Waals surface area contributed by atoms with Gasteiger partial charge in [-0.1, -0.05) is 0 Å². The van der Waals surface area contributed by atoms with Gasteiger partial charge in [0.05, 0.1) is 7.11 Å². The van der Waals surface area contributed by atoms with Gasteiger partial charge >= 0.3 is 6.09 Å². The number of hydrogen-bond donors (Lipinski definition) is 0. The van der Waals surface area contributed by atoms with Gasteiger partial charge in [0.1, 0.15) is 5.82 Å². The van der Waals surface area contributed by atoms with E-state index in [1.165, 1.54) is 12.7 Å². The van der Waals surface area contributed by atoms with E-state index in [-0.39, 0.29) is 12.0 Å². The quantitative estimate of drug-likeness (QED) is 0.872. The highest BCUT2D eigenvalue weighted by molar-refractivity contribution is 5.67. The van der Waals surface area contributed by atoms with Crippen LogP contribution in [-0.2, 0) is 11.3 Å². The summed E-state index contributed by atoms with van der Waals surface area (Å²) in [7, 11) is 1.43. The van der Waals surface area contributed by atoms with Crippen molar-refractivity contribution in [3.8, 4) is 0 Å². The second-order valence-electron chi connectivity index (χ2n) is 5.52. The van der Waals surface area contributed by atoms with E-state index in [9.17, 15) is 4.79 Å². The molecular formula is C16H20N4O2. The van der Waals surface area contributed by atoms with Gasteiger partial charge in [-0.3, -0.25) is 4.98 Å². The number of hydrogen-bond acceptors (Lipinski definition) is 4. The molecule has 0 bridgehead atoms. The maximum atomic E-state index is 11.7. The summed E-state index contributed by atoms with van der Waals surface area (Å²) in [6.07, 6.45) is 9.18. The molecule has 1 amide bonds. The topological polar surface area (TPSA) is 60.2 Å². The third kappa shape index (κ3) is 3.10. The average Bonchev–Trinajstić information content (AvgIpc) is 3.03. The Morgan fingerprint density at radius 1 is 1.36 bits per heavy atom. The number of carbonyl (C=O) groups excluding carboxylic acids is 1. The van der Waals surface area contributed by atoms with E-state index < -0.39 is 0 Å². The maximum absolute atomic E-state index is 11.7. The molecule has 0 aromatic carbocycles. The van der Waals surface area contributed by atoms with Crippen LogP contribution < -0.4 is 0 Å². The molecule has 2 aromatic heterocycles. The zero-order valence-corrected chi connectivity index (χ0v) is 12.7. The predicted molar refractivity (Wildman–Crippen MR) is 81.5 cm³/mol. The van der Waals surface area contributed by atoms with Gasteiger partial charge in [0.15, 0.2) is 0 Å². The highest BCUT2D eigenvalue weighted by atomic mass is 16.5. The van der Waals surface area contributed by atoms with Crippen LogP contribution in [-0.4, -0.2) is 45.7 Å². The van der Waals surface area contributed by atoms with Crippen molar-refractivity contribution in [1.29, 1.82) is 0 Å². The third-order valence-electron chi connectivity index (χ3n) is 4.07. The minimum absolute atomic E-state index is 0.253. The molecule has 0 aliphatic carbocycles. The third-order valence-corrected chi connectivity index (χ3v) is 4.07. The standard InChI is InChI=1S/C16H20N4O2/c1-22-16(21)20-9-2-3-14(12-20)15-18-8-10-19(15)11-13-4-6-17-7-5-13/h4-8,10,14H,2-3,9,11-12H2,1H3/t14-/m0/s1. The zero-order valence-electron chi connectivity index (χ0n) is 12.7. The lowest BCUT2D eigenvalue weighted by atomic mass is 9.97. The highest BCUT2D eigenvalue weighted by Gasteiger charge is 2.27. The van der Waals surface area contributed by atoms with Gasteiger partial charge in [-0.25, -0.2) is 9.78 Å². The average molecular weight is 300 g/mol. The lowest BCUT2D eigenvalue weighted by molar-refractivity contribution is 0.110. The Morgan fingerprint density at radius 3 is 2.95 bits per heavy atom. The summed E-state index contributed by atoms with van der Waals surface area (Å²) < 4.78 is 6.99. The van der Waals surface area contributed by atoms with Gasteiger partial charge < -0.3 is 14.2 Å². The maximum Gasteiger partial charge on any atom is 0.409 e. The van der Waals surface area contributed by atoms with E-state index in [2.05, 4.69) is 14.5 Å². The van der Waals surface area contributed by atoms with Crippen LogP contribution in [0.3, 0.4) is 0 Å². The van der Waals surface area contributed by atoms with Crippen molar-refractivity contribution in [3.05, 3.63) is 48.3 Å². The molecule has 0 spiro atoms. The molecule has 6 heteroatoms. The first-order valence-electron chi connectivity index (χ1n) is 7.50. The van der Waals surface area contributed by atoms with Crippen LogP contribution in [0.25, 0.3) is 0 Å². The number of methoxy groups -OCH3 is 1. The molecule has 6 nitrogen and oxygen atoms in total. The van der Waals surface area contributed by atoms with E-state index in [4.69, 9.17) is 4.74 Å². The van der Waals surface area contributed by atoms with E-state index in [1.807, 2.05) is 24.5 Å². The van der Waals surface area contributed by atoms with Crippen molar-refractivity contribution in [2.45, 2.75) is 25.3 Å². The summed E-state index contributed by atoms with van der Waals surface area (Å²) in [4.78, 5) is 22.1. The van der Waals surface area contributed by atoms with Crippen molar-refractivity contribution in [3.63, 3.8) is 0 Å². The van der Waals surface area contributed by atoms with Crippen molar-refractivity contribution in [2.24, 2.45) is 0 Å². The van der Waals surface area contributed by atoms with Gasteiger partial charge in [-0.05, 0) is 30.5 Å². The van der Waals surface area contributed by atoms with Crippen molar-refractivity contribution >= 4 is 6.09 Å². The number of nitrogens with zero attached hydrogens (tertiary/aromatic N) is 4. The summed E-state index contributed by atoms with van der Waals surface area (Å²) in [6.45, 7) is 2.20. The monoisotopic (exact) mass is 300 g/mol. The van der Waals surface area contributed by atoms with E-state index >= 15 is 0 Å². The Kier molecular flexibility index (Phi) is 4.37. The molecule has 3 rings (SSSR count). The Morgan fingerprint density at radius 2 is 2.18 bits per heavy atom. The molecular weight excluding hydrogens is 280 g/mol. The molecule has 1 saturated heterocycles. The molecule has 0 N–H and O–H groups in total. The lowest BCUT2D eigenvalue weighted by Gasteiger charge is -2.31. The fourth-order valence-electron chi connectivity index (χ4n) is 2.98. The molecule has 1 atom stereocenters. The smallest absolute Gasteiger partial charge is 0.409 e. The van der Waals surface area contributed by atoms with Gasteiger partial charge in [0.25, 0.3) is 0 Å². The first-order valence-corrected chi connectivity index (χ1v) is 7.50. The summed E-state index contributed by atoms with van der Waals surface area (Å²) in [5.41, 5.74) is 1.19. The Labute approximate surface area is 129 Å². The van der Waals surface area contributed by atoms with Crippen molar-refractivity contribution in [1.82, 2.24) is 19.4 Å². The number of piperidine rings is 1. The predicted octanol–water partition coefficient (Wildman–Crippen LogP) is 2.27. The van der Waals surface area contributed by atoms with Crippen LogP contribution in [0.2, 0.25) is 0 Å². The van der Waals surface area contributed by atoms with Crippen LogP contribution in [0.4, 0.5) is 4.79 Å².